The van der Waals surface area contributed by atoms with Crippen molar-refractivity contribution in [2.75, 3.05) is 19.6 Å². The maximum absolute atomic E-state index is 12.9. The molecular weight excluding hydrogens is 288 g/mol. The molecule has 1 aromatic heterocycles. The highest BCUT2D eigenvalue weighted by atomic mass is 16.2. The Morgan fingerprint density at radius 2 is 2.04 bits per heavy atom. The molecule has 1 fully saturated rings. The maximum Gasteiger partial charge on any atom is 0.274 e. The van der Waals surface area contributed by atoms with E-state index in [2.05, 4.69) is 24.3 Å². The van der Waals surface area contributed by atoms with Crippen LogP contribution in [0.25, 0.3) is 0 Å². The highest BCUT2D eigenvalue weighted by Crippen LogP contribution is 2.26. The van der Waals surface area contributed by atoms with Crippen molar-refractivity contribution in [2.24, 2.45) is 13.0 Å². The number of likely N-dealkylation sites (tertiary alicyclic amines) is 1. The first-order valence-corrected chi connectivity index (χ1v) is 9.13. The van der Waals surface area contributed by atoms with Gasteiger partial charge in [-0.2, -0.15) is 5.10 Å². The molecule has 5 heteroatoms. The first kappa shape index (κ1) is 16.5. The summed E-state index contributed by atoms with van der Waals surface area (Å²) in [4.78, 5) is 14.9. The normalized spacial score (nSPS) is 21.6. The Kier molecular flexibility index (Phi) is 5.05. The number of amides is 1. The third-order valence-electron chi connectivity index (χ3n) is 5.12. The molecule has 1 unspecified atom stereocenters. The first-order chi connectivity index (χ1) is 11.1. The van der Waals surface area contributed by atoms with Gasteiger partial charge in [-0.15, -0.1) is 0 Å². The summed E-state index contributed by atoms with van der Waals surface area (Å²) in [6.07, 6.45) is 6.58. The van der Waals surface area contributed by atoms with Crippen molar-refractivity contribution in [1.82, 2.24) is 20.0 Å². The number of carbonyl (C=O) groups excluding carboxylic acids is 1. The van der Waals surface area contributed by atoms with Gasteiger partial charge in [0, 0.05) is 37.4 Å². The summed E-state index contributed by atoms with van der Waals surface area (Å²) in [5.74, 6) is 0.797. The summed E-state index contributed by atoms with van der Waals surface area (Å²) < 4.78 is 1.94. The van der Waals surface area contributed by atoms with Crippen molar-refractivity contribution in [2.45, 2.75) is 58.4 Å². The molecule has 0 radical (unpaired) electrons. The second-order valence-electron chi connectivity index (χ2n) is 7.49. The van der Waals surface area contributed by atoms with E-state index in [0.29, 0.717) is 17.7 Å². The van der Waals surface area contributed by atoms with E-state index in [-0.39, 0.29) is 5.91 Å². The highest BCUT2D eigenvalue weighted by molar-refractivity contribution is 5.94. The lowest BCUT2D eigenvalue weighted by atomic mass is 9.90. The van der Waals surface area contributed by atoms with Gasteiger partial charge in [0.2, 0.25) is 0 Å². The van der Waals surface area contributed by atoms with Crippen LogP contribution in [0.2, 0.25) is 0 Å². The second-order valence-corrected chi connectivity index (χ2v) is 7.49. The fourth-order valence-corrected chi connectivity index (χ4v) is 3.78. The van der Waals surface area contributed by atoms with E-state index in [4.69, 9.17) is 0 Å². The number of piperidine rings is 1. The van der Waals surface area contributed by atoms with E-state index < -0.39 is 0 Å². The molecule has 1 N–H and O–H groups in total. The number of aromatic nitrogens is 2. The van der Waals surface area contributed by atoms with Crippen molar-refractivity contribution < 1.29 is 4.79 Å². The third kappa shape index (κ3) is 3.60. The number of nitrogens with one attached hydrogen (secondary N) is 1. The summed E-state index contributed by atoms with van der Waals surface area (Å²) in [6.45, 7) is 7.28. The van der Waals surface area contributed by atoms with Gasteiger partial charge in [0.1, 0.15) is 0 Å². The van der Waals surface area contributed by atoms with E-state index >= 15 is 0 Å². The topological polar surface area (TPSA) is 50.2 Å². The van der Waals surface area contributed by atoms with Gasteiger partial charge in [0.05, 0.1) is 0 Å². The van der Waals surface area contributed by atoms with Crippen LogP contribution in [0, 0.1) is 5.92 Å². The molecule has 1 aliphatic heterocycles. The van der Waals surface area contributed by atoms with Gasteiger partial charge in [0.15, 0.2) is 5.69 Å². The number of rotatable bonds is 4. The smallest absolute Gasteiger partial charge is 0.274 e. The molecule has 1 amide bonds. The highest BCUT2D eigenvalue weighted by Gasteiger charge is 2.30. The van der Waals surface area contributed by atoms with Crippen molar-refractivity contribution in [3.8, 4) is 0 Å². The average Bonchev–Trinajstić information content (AvgIpc) is 2.89. The molecule has 0 spiro atoms. The van der Waals surface area contributed by atoms with Crippen molar-refractivity contribution in [3.05, 3.63) is 17.0 Å². The molecule has 23 heavy (non-hydrogen) atoms. The summed E-state index contributed by atoms with van der Waals surface area (Å²) >= 11 is 0. The minimum absolute atomic E-state index is 0.144. The molecule has 1 aromatic rings. The molecule has 128 valence electrons. The predicted octanol–water partition coefficient (Wildman–Crippen LogP) is 2.15. The van der Waals surface area contributed by atoms with Gasteiger partial charge in [-0.05, 0) is 51.0 Å². The summed E-state index contributed by atoms with van der Waals surface area (Å²) in [5.41, 5.74) is 3.16. The minimum atomic E-state index is 0.144. The Bertz CT molecular complexity index is 558. The van der Waals surface area contributed by atoms with Crippen LogP contribution in [0.4, 0.5) is 0 Å². The largest absolute Gasteiger partial charge is 0.337 e. The zero-order valence-corrected chi connectivity index (χ0v) is 14.8. The Morgan fingerprint density at radius 3 is 2.74 bits per heavy atom. The Balaban J connectivity index is 1.76. The van der Waals surface area contributed by atoms with Crippen molar-refractivity contribution in [3.63, 3.8) is 0 Å². The van der Waals surface area contributed by atoms with Crippen LogP contribution in [0.5, 0.6) is 0 Å². The monoisotopic (exact) mass is 318 g/mol. The maximum atomic E-state index is 12.9. The van der Waals surface area contributed by atoms with Crippen LogP contribution in [-0.4, -0.2) is 46.3 Å². The van der Waals surface area contributed by atoms with E-state index in [1.807, 2.05) is 16.6 Å². The lowest BCUT2D eigenvalue weighted by molar-refractivity contribution is 0.0716. The number of hydrogen-bond donors (Lipinski definition) is 1. The Morgan fingerprint density at radius 1 is 1.30 bits per heavy atom. The van der Waals surface area contributed by atoms with Gasteiger partial charge in [-0.3, -0.25) is 9.48 Å². The van der Waals surface area contributed by atoms with Crippen molar-refractivity contribution in [1.29, 1.82) is 0 Å². The molecule has 0 saturated carbocycles. The average molecular weight is 318 g/mol. The number of fused-ring (bicyclic) bond motifs is 1. The van der Waals surface area contributed by atoms with Gasteiger partial charge >= 0.3 is 0 Å². The minimum Gasteiger partial charge on any atom is -0.337 e. The lowest BCUT2D eigenvalue weighted by Crippen LogP contribution is -2.39. The van der Waals surface area contributed by atoms with Crippen LogP contribution in [0.15, 0.2) is 0 Å². The molecule has 0 bridgehead atoms. The zero-order valence-electron chi connectivity index (χ0n) is 14.8. The van der Waals surface area contributed by atoms with Crippen molar-refractivity contribution >= 4 is 5.91 Å². The molecule has 1 atom stereocenters. The Labute approximate surface area is 139 Å². The fraction of sp³-hybridized carbons (Fsp3) is 0.778. The molecule has 5 nitrogen and oxygen atoms in total. The quantitative estimate of drug-likeness (QED) is 0.925. The van der Waals surface area contributed by atoms with Gasteiger partial charge < -0.3 is 10.2 Å². The summed E-state index contributed by atoms with van der Waals surface area (Å²) in [5, 5.41) is 8.25. The number of nitrogens with zero attached hydrogens (tertiary/aromatic N) is 3. The first-order valence-electron chi connectivity index (χ1n) is 9.13. The summed E-state index contributed by atoms with van der Waals surface area (Å²) in [7, 11) is 1.98. The van der Waals surface area contributed by atoms with Gasteiger partial charge in [-0.1, -0.05) is 13.8 Å². The Hall–Kier alpha value is -1.36. The predicted molar refractivity (Wildman–Crippen MR) is 91.6 cm³/mol. The molecule has 2 heterocycles. The standard InChI is InChI=1S/C18H30N4O/c1-13(2)12-19-14-7-8-16-15(11-14)17(20-21(16)3)18(23)22-9-5-4-6-10-22/h13-14,19H,4-12H2,1-3H3. The van der Waals surface area contributed by atoms with E-state index in [9.17, 15) is 4.79 Å². The van der Waals surface area contributed by atoms with E-state index in [1.165, 1.54) is 17.7 Å². The SMILES string of the molecule is CC(C)CNC1CCc2c(c(C(=O)N3CCCCC3)nn2C)C1. The van der Waals surface area contributed by atoms with E-state index in [0.717, 1.165) is 51.7 Å². The summed E-state index contributed by atoms with van der Waals surface area (Å²) in [6, 6.07) is 0.474. The van der Waals surface area contributed by atoms with Crippen LogP contribution < -0.4 is 5.32 Å². The van der Waals surface area contributed by atoms with E-state index in [1.54, 1.807) is 0 Å². The zero-order chi connectivity index (χ0) is 16.4. The molecule has 2 aliphatic rings. The number of hydrogen-bond acceptors (Lipinski definition) is 3. The van der Waals surface area contributed by atoms with Crippen LogP contribution in [0.3, 0.4) is 0 Å². The van der Waals surface area contributed by atoms with Crippen LogP contribution in [-0.2, 0) is 19.9 Å². The van der Waals surface area contributed by atoms with Crippen LogP contribution >= 0.6 is 0 Å². The third-order valence-corrected chi connectivity index (χ3v) is 5.12. The molecule has 3 rings (SSSR count). The van der Waals surface area contributed by atoms with Crippen LogP contribution in [0.1, 0.15) is 61.3 Å². The number of aryl methyl sites for hydroxylation is 1. The number of carbonyl (C=O) groups is 1. The lowest BCUT2D eigenvalue weighted by Gasteiger charge is -2.28. The van der Waals surface area contributed by atoms with Gasteiger partial charge in [-0.25, -0.2) is 0 Å². The molecular formula is C18H30N4O. The van der Waals surface area contributed by atoms with Gasteiger partial charge in [0.25, 0.3) is 5.91 Å². The molecule has 1 saturated heterocycles. The second kappa shape index (κ2) is 7.04. The molecule has 0 aromatic carbocycles. The molecule has 1 aliphatic carbocycles. The fourth-order valence-electron chi connectivity index (χ4n) is 3.78.